The fraction of sp³-hybridized carbons (Fsp3) is 0.429. The normalized spacial score (nSPS) is 10.1. The first-order valence-corrected chi connectivity index (χ1v) is 7.12. The van der Waals surface area contributed by atoms with Crippen molar-refractivity contribution in [1.29, 1.82) is 5.26 Å². The first-order chi connectivity index (χ1) is 9.10. The number of nitriles is 1. The lowest BCUT2D eigenvalue weighted by molar-refractivity contribution is -0.120. The zero-order valence-corrected chi connectivity index (χ0v) is 12.8. The van der Waals surface area contributed by atoms with E-state index in [0.29, 0.717) is 5.56 Å². The molecular formula is C14H18BrN3O. The van der Waals surface area contributed by atoms with Gasteiger partial charge in [0.2, 0.25) is 5.91 Å². The minimum atomic E-state index is -0.0232. The summed E-state index contributed by atoms with van der Waals surface area (Å²) in [5, 5.41) is 14.8. The zero-order valence-electron chi connectivity index (χ0n) is 11.2. The average molecular weight is 324 g/mol. The van der Waals surface area contributed by atoms with E-state index < -0.39 is 0 Å². The molecule has 0 aromatic heterocycles. The van der Waals surface area contributed by atoms with Gasteiger partial charge in [0.25, 0.3) is 0 Å². The van der Waals surface area contributed by atoms with Gasteiger partial charge >= 0.3 is 0 Å². The molecule has 19 heavy (non-hydrogen) atoms. The van der Waals surface area contributed by atoms with E-state index in [-0.39, 0.29) is 18.5 Å². The van der Waals surface area contributed by atoms with Gasteiger partial charge in [0.1, 0.15) is 0 Å². The first kappa shape index (κ1) is 15.5. The standard InChI is InChI=1S/C14H18BrN3O/c1-3-11(4-2)18-14(19)9-17-13-6-5-10(8-16)7-12(13)15/h5-7,11,17H,3-4,9H2,1-2H3,(H,18,19). The Balaban J connectivity index is 2.53. The number of amides is 1. The van der Waals surface area contributed by atoms with E-state index in [1.165, 1.54) is 0 Å². The number of anilines is 1. The van der Waals surface area contributed by atoms with Crippen molar-refractivity contribution < 1.29 is 4.79 Å². The average Bonchev–Trinajstić information content (AvgIpc) is 2.43. The summed E-state index contributed by atoms with van der Waals surface area (Å²) in [6, 6.07) is 7.52. The largest absolute Gasteiger partial charge is 0.375 e. The van der Waals surface area contributed by atoms with Crippen molar-refractivity contribution in [3.05, 3.63) is 28.2 Å². The number of hydrogen-bond acceptors (Lipinski definition) is 3. The van der Waals surface area contributed by atoms with Crippen LogP contribution in [0.1, 0.15) is 32.3 Å². The highest BCUT2D eigenvalue weighted by Crippen LogP contribution is 2.23. The van der Waals surface area contributed by atoms with Gasteiger partial charge < -0.3 is 10.6 Å². The molecule has 0 radical (unpaired) electrons. The van der Waals surface area contributed by atoms with Gasteiger partial charge in [-0.3, -0.25) is 4.79 Å². The van der Waals surface area contributed by atoms with Crippen molar-refractivity contribution in [3.63, 3.8) is 0 Å². The maximum absolute atomic E-state index is 11.7. The second-order valence-corrected chi connectivity index (χ2v) is 5.10. The lowest BCUT2D eigenvalue weighted by atomic mass is 10.2. The van der Waals surface area contributed by atoms with Crippen molar-refractivity contribution in [3.8, 4) is 6.07 Å². The molecule has 102 valence electrons. The molecule has 1 rings (SSSR count). The third-order valence-corrected chi connectivity index (χ3v) is 3.54. The lowest BCUT2D eigenvalue weighted by Crippen LogP contribution is -2.37. The Morgan fingerprint density at radius 3 is 2.63 bits per heavy atom. The maximum atomic E-state index is 11.7. The highest BCUT2D eigenvalue weighted by atomic mass is 79.9. The Morgan fingerprint density at radius 2 is 2.11 bits per heavy atom. The van der Waals surface area contributed by atoms with Crippen LogP contribution in [0.25, 0.3) is 0 Å². The van der Waals surface area contributed by atoms with E-state index in [9.17, 15) is 4.79 Å². The van der Waals surface area contributed by atoms with Gasteiger partial charge in [-0.1, -0.05) is 13.8 Å². The fourth-order valence-corrected chi connectivity index (χ4v) is 2.19. The molecule has 0 fully saturated rings. The Kier molecular flexibility index (Phi) is 6.37. The second kappa shape index (κ2) is 7.80. The molecule has 2 N–H and O–H groups in total. The van der Waals surface area contributed by atoms with E-state index in [4.69, 9.17) is 5.26 Å². The summed E-state index contributed by atoms with van der Waals surface area (Å²) < 4.78 is 0.780. The minimum absolute atomic E-state index is 0.0232. The molecule has 0 unspecified atom stereocenters. The molecule has 0 bridgehead atoms. The van der Waals surface area contributed by atoms with Gasteiger partial charge in [-0.05, 0) is 47.0 Å². The summed E-state index contributed by atoms with van der Waals surface area (Å²) in [4.78, 5) is 11.7. The number of nitrogens with zero attached hydrogens (tertiary/aromatic N) is 1. The molecule has 0 heterocycles. The predicted molar refractivity (Wildman–Crippen MR) is 79.9 cm³/mol. The number of nitrogens with one attached hydrogen (secondary N) is 2. The zero-order chi connectivity index (χ0) is 14.3. The Morgan fingerprint density at radius 1 is 1.42 bits per heavy atom. The third kappa shape index (κ3) is 4.92. The Bertz CT molecular complexity index is 478. The highest BCUT2D eigenvalue weighted by Gasteiger charge is 2.08. The Hall–Kier alpha value is -1.54. The molecular weight excluding hydrogens is 306 g/mol. The summed E-state index contributed by atoms with van der Waals surface area (Å²) >= 11 is 3.37. The lowest BCUT2D eigenvalue weighted by Gasteiger charge is -2.15. The molecule has 0 atom stereocenters. The maximum Gasteiger partial charge on any atom is 0.239 e. The van der Waals surface area contributed by atoms with Crippen molar-refractivity contribution in [1.82, 2.24) is 5.32 Å². The number of rotatable bonds is 6. The molecule has 0 aliphatic heterocycles. The van der Waals surface area contributed by atoms with Crippen molar-refractivity contribution in [2.75, 3.05) is 11.9 Å². The first-order valence-electron chi connectivity index (χ1n) is 6.33. The second-order valence-electron chi connectivity index (χ2n) is 4.24. The molecule has 1 aromatic carbocycles. The summed E-state index contributed by atoms with van der Waals surface area (Å²) in [6.07, 6.45) is 1.87. The van der Waals surface area contributed by atoms with E-state index in [1.807, 2.05) is 0 Å². The number of benzene rings is 1. The smallest absolute Gasteiger partial charge is 0.239 e. The van der Waals surface area contributed by atoms with Crippen molar-refractivity contribution >= 4 is 27.5 Å². The monoisotopic (exact) mass is 323 g/mol. The van der Waals surface area contributed by atoms with Gasteiger partial charge in [-0.15, -0.1) is 0 Å². The van der Waals surface area contributed by atoms with Gasteiger partial charge in [0.05, 0.1) is 18.2 Å². The van der Waals surface area contributed by atoms with E-state index in [2.05, 4.69) is 46.5 Å². The number of carbonyl (C=O) groups is 1. The Labute approximate surface area is 122 Å². The molecule has 5 heteroatoms. The molecule has 0 aliphatic rings. The van der Waals surface area contributed by atoms with Crippen LogP contribution in [0, 0.1) is 11.3 Å². The minimum Gasteiger partial charge on any atom is -0.375 e. The number of hydrogen-bond donors (Lipinski definition) is 2. The van der Waals surface area contributed by atoms with Gasteiger partial charge in [0, 0.05) is 16.2 Å². The van der Waals surface area contributed by atoms with Crippen LogP contribution in [0.4, 0.5) is 5.69 Å². The number of carbonyl (C=O) groups excluding carboxylic acids is 1. The quantitative estimate of drug-likeness (QED) is 0.845. The van der Waals surface area contributed by atoms with Crippen LogP contribution in [0.5, 0.6) is 0 Å². The van der Waals surface area contributed by atoms with Crippen molar-refractivity contribution in [2.45, 2.75) is 32.7 Å². The van der Waals surface area contributed by atoms with Crippen LogP contribution >= 0.6 is 15.9 Å². The van der Waals surface area contributed by atoms with Crippen LogP contribution in [0.3, 0.4) is 0 Å². The molecule has 0 spiro atoms. The van der Waals surface area contributed by atoms with Crippen LogP contribution in [0.15, 0.2) is 22.7 Å². The topological polar surface area (TPSA) is 64.9 Å². The van der Waals surface area contributed by atoms with E-state index in [0.717, 1.165) is 23.0 Å². The SMILES string of the molecule is CCC(CC)NC(=O)CNc1ccc(C#N)cc1Br. The molecule has 0 saturated carbocycles. The number of halogens is 1. The molecule has 0 aliphatic carbocycles. The van der Waals surface area contributed by atoms with Crippen LogP contribution in [-0.4, -0.2) is 18.5 Å². The molecule has 0 saturated heterocycles. The van der Waals surface area contributed by atoms with E-state index >= 15 is 0 Å². The van der Waals surface area contributed by atoms with Gasteiger partial charge in [0.15, 0.2) is 0 Å². The van der Waals surface area contributed by atoms with Crippen molar-refractivity contribution in [2.24, 2.45) is 0 Å². The third-order valence-electron chi connectivity index (χ3n) is 2.89. The molecule has 1 amide bonds. The fourth-order valence-electron chi connectivity index (χ4n) is 1.68. The van der Waals surface area contributed by atoms with Crippen LogP contribution < -0.4 is 10.6 Å². The summed E-state index contributed by atoms with van der Waals surface area (Å²) in [5.41, 5.74) is 1.39. The highest BCUT2D eigenvalue weighted by molar-refractivity contribution is 9.10. The summed E-state index contributed by atoms with van der Waals surface area (Å²) in [7, 11) is 0. The molecule has 4 nitrogen and oxygen atoms in total. The summed E-state index contributed by atoms with van der Waals surface area (Å²) in [6.45, 7) is 4.33. The summed E-state index contributed by atoms with van der Waals surface area (Å²) in [5.74, 6) is -0.0232. The van der Waals surface area contributed by atoms with Gasteiger partial charge in [-0.25, -0.2) is 0 Å². The molecule has 1 aromatic rings. The van der Waals surface area contributed by atoms with Crippen LogP contribution in [0.2, 0.25) is 0 Å². The van der Waals surface area contributed by atoms with Crippen LogP contribution in [-0.2, 0) is 4.79 Å². The predicted octanol–water partition coefficient (Wildman–Crippen LogP) is 3.04. The van der Waals surface area contributed by atoms with E-state index in [1.54, 1.807) is 18.2 Å². The van der Waals surface area contributed by atoms with Gasteiger partial charge in [-0.2, -0.15) is 5.26 Å².